The number of hydrogen-bond donors (Lipinski definition) is 4. The summed E-state index contributed by atoms with van der Waals surface area (Å²) in [5.74, 6) is -1.65. The summed E-state index contributed by atoms with van der Waals surface area (Å²) in [6.45, 7) is 0.0193. The quantitative estimate of drug-likeness (QED) is 0.117. The molecule has 320 valence electrons. The molecule has 60 heavy (non-hydrogen) atoms. The van der Waals surface area contributed by atoms with Crippen LogP contribution in [0.2, 0.25) is 0 Å². The van der Waals surface area contributed by atoms with Crippen LogP contribution >= 0.6 is 23.1 Å². The number of nitrogens with zero attached hydrogens (tertiary/aromatic N) is 3. The minimum absolute atomic E-state index is 0.0193. The van der Waals surface area contributed by atoms with Crippen LogP contribution in [0.5, 0.6) is 5.75 Å². The van der Waals surface area contributed by atoms with Gasteiger partial charge >= 0.3 is 12.1 Å². The van der Waals surface area contributed by atoms with E-state index in [9.17, 15) is 29.1 Å². The molecular weight excluding hydrogens is 805 g/mol. The van der Waals surface area contributed by atoms with Crippen molar-refractivity contribution in [2.24, 2.45) is 11.8 Å². The third-order valence-electron chi connectivity index (χ3n) is 12.7. The molecule has 16 heteroatoms. The number of carboxylic acid groups (broad SMARTS) is 1. The molecule has 8 rings (SSSR count). The lowest BCUT2D eigenvalue weighted by Crippen LogP contribution is -2.56. The molecule has 0 spiro atoms. The van der Waals surface area contributed by atoms with E-state index in [0.29, 0.717) is 53.0 Å². The van der Waals surface area contributed by atoms with Gasteiger partial charge in [-0.1, -0.05) is 43.9 Å². The first-order valence-electron chi connectivity index (χ1n) is 21.5. The van der Waals surface area contributed by atoms with E-state index in [2.05, 4.69) is 16.0 Å². The fourth-order valence-electron chi connectivity index (χ4n) is 9.34. The van der Waals surface area contributed by atoms with E-state index in [0.717, 1.165) is 80.9 Å². The van der Waals surface area contributed by atoms with E-state index < -0.39 is 47.6 Å². The number of carbonyl (C=O) groups is 5. The summed E-state index contributed by atoms with van der Waals surface area (Å²) < 4.78 is 12.5. The highest BCUT2D eigenvalue weighted by Gasteiger charge is 2.61. The Morgan fingerprint density at radius 3 is 2.57 bits per heavy atom. The van der Waals surface area contributed by atoms with Gasteiger partial charge in [-0.3, -0.25) is 14.4 Å². The number of carboxylic acids is 1. The number of nitrogens with one attached hydrogen (secondary N) is 3. The van der Waals surface area contributed by atoms with Gasteiger partial charge in [-0.05, 0) is 88.5 Å². The highest BCUT2D eigenvalue weighted by atomic mass is 32.2. The molecule has 0 bridgehead atoms. The minimum Gasteiger partial charge on any atom is -0.488 e. The molecule has 3 saturated carbocycles. The lowest BCUT2D eigenvalue weighted by Gasteiger charge is -2.29. The van der Waals surface area contributed by atoms with Gasteiger partial charge in [0.05, 0.1) is 17.8 Å². The number of ether oxygens (including phenoxy) is 2. The summed E-state index contributed by atoms with van der Waals surface area (Å²) in [5, 5.41) is 22.0. The van der Waals surface area contributed by atoms with Crippen LogP contribution in [0.3, 0.4) is 0 Å². The number of amides is 4. The Balaban J connectivity index is 1.08. The maximum atomic E-state index is 14.6. The van der Waals surface area contributed by atoms with Gasteiger partial charge in [-0.2, -0.15) is 0 Å². The molecule has 0 unspecified atom stereocenters. The van der Waals surface area contributed by atoms with Crippen LogP contribution in [-0.4, -0.2) is 92.4 Å². The number of carbonyl (C=O) groups excluding carboxylic acids is 4. The summed E-state index contributed by atoms with van der Waals surface area (Å²) in [4.78, 5) is 79.7. The lowest BCUT2D eigenvalue weighted by atomic mass is 10.0. The number of rotatable bonds is 10. The SMILES string of the molecule is CSc1cccc2c(O[C@@H]3C[C@H]4C(=O)N[C@]5(C(=O)O)C[C@@H]5/C=C\CCCCC[C@H](NC(=O)OC5CCCC5)C(=O)N4C3)cc(-c3csc(NC(=O)CC4CCCC4)n3)nc12. The molecular formula is C44H54N6O8S2. The van der Waals surface area contributed by atoms with Crippen LogP contribution in [0.15, 0.2) is 46.7 Å². The van der Waals surface area contributed by atoms with Crippen LogP contribution in [0.1, 0.15) is 103 Å². The highest BCUT2D eigenvalue weighted by Crippen LogP contribution is 2.46. The third-order valence-corrected chi connectivity index (χ3v) is 14.3. The second-order valence-corrected chi connectivity index (χ2v) is 18.6. The number of anilines is 1. The zero-order chi connectivity index (χ0) is 41.8. The molecule has 3 aromatic rings. The number of hydrogen-bond acceptors (Lipinski definition) is 11. The Hall–Kier alpha value is -4.70. The number of aliphatic carboxylic acids is 1. The van der Waals surface area contributed by atoms with Crippen molar-refractivity contribution in [3.05, 3.63) is 41.8 Å². The van der Waals surface area contributed by atoms with Gasteiger partial charge in [0.2, 0.25) is 17.7 Å². The van der Waals surface area contributed by atoms with E-state index in [1.54, 1.807) is 6.07 Å². The molecule has 14 nitrogen and oxygen atoms in total. The van der Waals surface area contributed by atoms with Crippen LogP contribution in [-0.2, 0) is 23.9 Å². The third kappa shape index (κ3) is 9.44. The first-order valence-corrected chi connectivity index (χ1v) is 23.6. The van der Waals surface area contributed by atoms with Crippen LogP contribution < -0.4 is 20.7 Å². The number of aromatic nitrogens is 2. The highest BCUT2D eigenvalue weighted by molar-refractivity contribution is 7.98. The molecule has 2 aliphatic heterocycles. The Morgan fingerprint density at radius 2 is 1.78 bits per heavy atom. The molecule has 2 aromatic heterocycles. The summed E-state index contributed by atoms with van der Waals surface area (Å²) >= 11 is 2.87. The first-order chi connectivity index (χ1) is 29.1. The number of fused-ring (bicyclic) bond motifs is 3. The Bertz CT molecular complexity index is 2130. The van der Waals surface area contributed by atoms with Gasteiger partial charge in [0, 0.05) is 40.5 Å². The number of benzene rings is 1. The fourth-order valence-corrected chi connectivity index (χ4v) is 10.6. The molecule has 1 saturated heterocycles. The zero-order valence-electron chi connectivity index (χ0n) is 34.0. The topological polar surface area (TPSA) is 189 Å². The number of thioether (sulfide) groups is 1. The molecule has 4 fully saturated rings. The predicted molar refractivity (Wildman–Crippen MR) is 229 cm³/mol. The molecule has 3 aliphatic carbocycles. The zero-order valence-corrected chi connectivity index (χ0v) is 35.6. The summed E-state index contributed by atoms with van der Waals surface area (Å²) in [6.07, 6.45) is 16.5. The second-order valence-electron chi connectivity index (χ2n) is 16.9. The van der Waals surface area contributed by atoms with E-state index >= 15 is 0 Å². The van der Waals surface area contributed by atoms with Crippen molar-refractivity contribution in [1.82, 2.24) is 25.5 Å². The number of allylic oxidation sites excluding steroid dienone is 1. The van der Waals surface area contributed by atoms with Crippen molar-refractivity contribution in [2.45, 2.75) is 137 Å². The average Bonchev–Trinajstić information content (AvgIpc) is 3.87. The van der Waals surface area contributed by atoms with Gasteiger partial charge in [0.25, 0.3) is 0 Å². The lowest BCUT2D eigenvalue weighted by molar-refractivity contribution is -0.145. The number of alkyl carbamates (subject to hydrolysis) is 1. The molecule has 4 heterocycles. The summed E-state index contributed by atoms with van der Waals surface area (Å²) in [5.41, 5.74) is 0.337. The van der Waals surface area contributed by atoms with E-state index in [-0.39, 0.29) is 37.3 Å². The summed E-state index contributed by atoms with van der Waals surface area (Å²) in [6, 6.07) is 5.59. The summed E-state index contributed by atoms with van der Waals surface area (Å²) in [7, 11) is 0. The molecule has 4 amide bonds. The van der Waals surface area contributed by atoms with E-state index in [1.807, 2.05) is 42.0 Å². The number of thiazole rings is 1. The average molecular weight is 859 g/mol. The van der Waals surface area contributed by atoms with Crippen molar-refractivity contribution < 1.29 is 38.6 Å². The smallest absolute Gasteiger partial charge is 0.408 e. The first kappa shape index (κ1) is 42.0. The van der Waals surface area contributed by atoms with Gasteiger partial charge in [-0.15, -0.1) is 23.1 Å². The van der Waals surface area contributed by atoms with Crippen molar-refractivity contribution in [1.29, 1.82) is 0 Å². The van der Waals surface area contributed by atoms with Crippen LogP contribution in [0, 0.1) is 11.8 Å². The van der Waals surface area contributed by atoms with E-state index in [4.69, 9.17) is 19.4 Å². The van der Waals surface area contributed by atoms with Crippen LogP contribution in [0.25, 0.3) is 22.3 Å². The van der Waals surface area contributed by atoms with Gasteiger partial charge in [0.15, 0.2) is 5.13 Å². The molecule has 1 aromatic carbocycles. The molecule has 5 atom stereocenters. The number of para-hydroxylation sites is 1. The van der Waals surface area contributed by atoms with Gasteiger partial charge in [-0.25, -0.2) is 19.6 Å². The van der Waals surface area contributed by atoms with Crippen molar-refractivity contribution >= 4 is 68.9 Å². The Kier molecular flexibility index (Phi) is 13.0. The van der Waals surface area contributed by atoms with Crippen molar-refractivity contribution in [3.8, 4) is 17.1 Å². The number of pyridine rings is 1. The normalized spacial score (nSPS) is 27.0. The standard InChI is InChI=1S/C44H54N6O8S2/c1-59-36-19-11-17-30-35(22-32(45-38(30)36)33-25-60-42(46-33)48-37(51)20-26-12-7-8-13-26)57-29-21-34-39(52)49-44(41(54)55)23-27(44)14-5-3-2-4-6-18-31(40(53)50(34)24-29)47-43(56)58-28-15-9-10-16-28/h5,11,14,17,19,22,25-29,31,34H,2-4,6-10,12-13,15-16,18,20-21,23-24H2,1H3,(H,47,56)(H,49,52)(H,54,55)(H,46,48,51)/b14-5-/t27-,29+,31-,34-,44+/m0/s1. The van der Waals surface area contributed by atoms with Crippen LogP contribution in [0.4, 0.5) is 9.93 Å². The monoisotopic (exact) mass is 858 g/mol. The van der Waals surface area contributed by atoms with Gasteiger partial charge < -0.3 is 35.4 Å². The van der Waals surface area contributed by atoms with Crippen molar-refractivity contribution in [3.63, 3.8) is 0 Å². The van der Waals surface area contributed by atoms with Crippen molar-refractivity contribution in [2.75, 3.05) is 18.1 Å². The molecule has 4 N–H and O–H groups in total. The van der Waals surface area contributed by atoms with E-state index in [1.165, 1.54) is 28.0 Å². The fraction of sp³-hybridized carbons (Fsp3) is 0.568. The Morgan fingerprint density at radius 1 is 1.00 bits per heavy atom. The predicted octanol–water partition coefficient (Wildman–Crippen LogP) is 7.46. The second kappa shape index (κ2) is 18.5. The molecule has 0 radical (unpaired) electrons. The largest absolute Gasteiger partial charge is 0.488 e. The maximum Gasteiger partial charge on any atom is 0.408 e. The minimum atomic E-state index is -1.46. The molecule has 5 aliphatic rings. The maximum absolute atomic E-state index is 14.6. The van der Waals surface area contributed by atoms with Gasteiger partial charge in [0.1, 0.15) is 41.3 Å². The Labute approximate surface area is 358 Å².